The summed E-state index contributed by atoms with van der Waals surface area (Å²) in [4.78, 5) is 35.5. The Hall–Kier alpha value is -3.46. The number of para-hydroxylation sites is 2. The number of hydrogen-bond donors (Lipinski definition) is 3. The zero-order valence-electron chi connectivity index (χ0n) is 15.8. The van der Waals surface area contributed by atoms with Crippen molar-refractivity contribution >= 4 is 38.4 Å². The van der Waals surface area contributed by atoms with Crippen LogP contribution in [0.15, 0.2) is 59.6 Å². The highest BCUT2D eigenvalue weighted by Gasteiger charge is 2.37. The first-order valence-electron chi connectivity index (χ1n) is 9.47. The van der Waals surface area contributed by atoms with Gasteiger partial charge in [-0.05, 0) is 24.3 Å². The van der Waals surface area contributed by atoms with Gasteiger partial charge in [-0.25, -0.2) is 9.97 Å². The Morgan fingerprint density at radius 2 is 2.13 bits per heavy atom. The largest absolute Gasteiger partial charge is 0.404 e. The maximum atomic E-state index is 13.6. The summed E-state index contributed by atoms with van der Waals surface area (Å²) >= 11 is 3.43. The molecule has 0 unspecified atom stereocenters. The maximum Gasteiger partial charge on any atom is 0.258 e. The Labute approximate surface area is 180 Å². The van der Waals surface area contributed by atoms with E-state index in [1.807, 2.05) is 24.3 Å². The minimum Gasteiger partial charge on any atom is -0.404 e. The van der Waals surface area contributed by atoms with Crippen LogP contribution in [0.5, 0.6) is 0 Å². The van der Waals surface area contributed by atoms with Crippen LogP contribution in [0.25, 0.3) is 16.6 Å². The molecule has 1 aliphatic rings. The van der Waals surface area contributed by atoms with Crippen LogP contribution in [0, 0.1) is 0 Å². The lowest BCUT2D eigenvalue weighted by atomic mass is 10.00. The Kier molecular flexibility index (Phi) is 4.59. The van der Waals surface area contributed by atoms with Gasteiger partial charge in [-0.3, -0.25) is 9.78 Å². The summed E-state index contributed by atoms with van der Waals surface area (Å²) in [5, 5.41) is 0. The van der Waals surface area contributed by atoms with E-state index in [0.29, 0.717) is 30.1 Å². The molecule has 0 aliphatic carbocycles. The fourth-order valence-corrected chi connectivity index (χ4v) is 4.18. The van der Waals surface area contributed by atoms with Crippen LogP contribution in [0.2, 0.25) is 0 Å². The SMILES string of the molecule is NC=C(C(=O)N1CCc2[nH]cnc2[C@H]1c1nc2ccccc2[nH]1)c1cc(Br)ccn1. The number of nitrogens with two attached hydrogens (primary N) is 1. The van der Waals surface area contributed by atoms with Gasteiger partial charge in [-0.15, -0.1) is 0 Å². The number of benzene rings is 1. The number of aromatic amines is 2. The molecule has 4 aromatic rings. The molecule has 4 heterocycles. The molecule has 150 valence electrons. The molecule has 1 aliphatic heterocycles. The van der Waals surface area contributed by atoms with E-state index in [-0.39, 0.29) is 5.91 Å². The summed E-state index contributed by atoms with van der Waals surface area (Å²) in [5.74, 6) is 0.443. The van der Waals surface area contributed by atoms with E-state index in [4.69, 9.17) is 10.7 Å². The highest BCUT2D eigenvalue weighted by atomic mass is 79.9. The van der Waals surface area contributed by atoms with Crippen molar-refractivity contribution in [3.63, 3.8) is 0 Å². The van der Waals surface area contributed by atoms with Gasteiger partial charge in [-0.1, -0.05) is 28.1 Å². The second-order valence-electron chi connectivity index (χ2n) is 7.00. The number of fused-ring (bicyclic) bond motifs is 2. The van der Waals surface area contributed by atoms with E-state index in [9.17, 15) is 4.79 Å². The number of nitrogens with one attached hydrogen (secondary N) is 2. The smallest absolute Gasteiger partial charge is 0.258 e. The average molecular weight is 464 g/mol. The monoisotopic (exact) mass is 463 g/mol. The second kappa shape index (κ2) is 7.42. The van der Waals surface area contributed by atoms with Gasteiger partial charge < -0.3 is 20.6 Å². The Bertz CT molecular complexity index is 1240. The van der Waals surface area contributed by atoms with Gasteiger partial charge in [-0.2, -0.15) is 0 Å². The van der Waals surface area contributed by atoms with Crippen LogP contribution in [-0.4, -0.2) is 42.3 Å². The number of aromatic nitrogens is 5. The lowest BCUT2D eigenvalue weighted by Crippen LogP contribution is -2.41. The number of nitrogens with zero attached hydrogens (tertiary/aromatic N) is 4. The second-order valence-corrected chi connectivity index (χ2v) is 7.91. The number of carbonyl (C=O) groups excluding carboxylic acids is 1. The summed E-state index contributed by atoms with van der Waals surface area (Å²) in [6, 6.07) is 10.9. The molecule has 5 rings (SSSR count). The zero-order chi connectivity index (χ0) is 20.7. The van der Waals surface area contributed by atoms with Crippen LogP contribution < -0.4 is 5.73 Å². The standard InChI is InChI=1S/C21H18BrN7O/c22-12-5-7-24-17(9-12)13(10-23)21(30)29-8-6-16-18(26-11-25-16)19(29)20-27-14-3-1-2-4-15(14)28-20/h1-5,7,9-11,19H,6,8,23H2,(H,25,26)(H,27,28)/t19-/m0/s1. The molecule has 1 amide bonds. The number of imidazole rings is 2. The van der Waals surface area contributed by atoms with Gasteiger partial charge in [0.1, 0.15) is 11.9 Å². The van der Waals surface area contributed by atoms with Crippen LogP contribution in [0.4, 0.5) is 0 Å². The molecule has 9 heteroatoms. The highest BCUT2D eigenvalue weighted by molar-refractivity contribution is 9.10. The van der Waals surface area contributed by atoms with Crippen molar-refractivity contribution in [3.8, 4) is 0 Å². The van der Waals surface area contributed by atoms with E-state index in [2.05, 4.69) is 35.9 Å². The topological polar surface area (TPSA) is 117 Å². The maximum absolute atomic E-state index is 13.6. The fraction of sp³-hybridized carbons (Fsp3) is 0.143. The Morgan fingerprint density at radius 3 is 2.93 bits per heavy atom. The molecule has 4 N–H and O–H groups in total. The van der Waals surface area contributed by atoms with Gasteiger partial charge >= 0.3 is 0 Å². The number of H-pyrrole nitrogens is 2. The lowest BCUT2D eigenvalue weighted by Gasteiger charge is -2.34. The molecule has 1 aromatic carbocycles. The van der Waals surface area contributed by atoms with Gasteiger partial charge in [0.2, 0.25) is 0 Å². The number of rotatable bonds is 3. The number of pyridine rings is 1. The predicted octanol–water partition coefficient (Wildman–Crippen LogP) is 2.92. The van der Waals surface area contributed by atoms with Crippen molar-refractivity contribution in [2.75, 3.05) is 6.54 Å². The van der Waals surface area contributed by atoms with Crippen LogP contribution in [0.3, 0.4) is 0 Å². The Balaban J connectivity index is 1.60. The average Bonchev–Trinajstić information content (AvgIpc) is 3.40. The third-order valence-electron chi connectivity index (χ3n) is 5.25. The van der Waals surface area contributed by atoms with Crippen molar-refractivity contribution in [3.05, 3.63) is 82.5 Å². The molecule has 30 heavy (non-hydrogen) atoms. The fourth-order valence-electron chi connectivity index (χ4n) is 3.85. The molecule has 3 aromatic heterocycles. The van der Waals surface area contributed by atoms with Crippen molar-refractivity contribution < 1.29 is 4.79 Å². The highest BCUT2D eigenvalue weighted by Crippen LogP contribution is 2.35. The van der Waals surface area contributed by atoms with E-state index < -0.39 is 6.04 Å². The number of carbonyl (C=O) groups is 1. The van der Waals surface area contributed by atoms with Crippen LogP contribution in [-0.2, 0) is 11.2 Å². The first kappa shape index (κ1) is 18.6. The minimum atomic E-state index is -0.456. The molecule has 0 saturated heterocycles. The first-order chi connectivity index (χ1) is 14.7. The van der Waals surface area contributed by atoms with Crippen molar-refractivity contribution in [1.82, 2.24) is 29.8 Å². The first-order valence-corrected chi connectivity index (χ1v) is 10.3. The third-order valence-corrected chi connectivity index (χ3v) is 5.74. The van der Waals surface area contributed by atoms with Gasteiger partial charge in [0.25, 0.3) is 5.91 Å². The molecule has 8 nitrogen and oxygen atoms in total. The van der Waals surface area contributed by atoms with Gasteiger partial charge in [0, 0.05) is 35.5 Å². The molecule has 0 fully saturated rings. The number of amides is 1. The molecule has 1 atom stereocenters. The van der Waals surface area contributed by atoms with E-state index >= 15 is 0 Å². The zero-order valence-corrected chi connectivity index (χ0v) is 17.4. The molecule has 0 spiro atoms. The quantitative estimate of drug-likeness (QED) is 0.403. The van der Waals surface area contributed by atoms with Crippen LogP contribution in [0.1, 0.15) is 28.9 Å². The van der Waals surface area contributed by atoms with E-state index in [0.717, 1.165) is 26.9 Å². The summed E-state index contributed by atoms with van der Waals surface area (Å²) < 4.78 is 0.821. The molecular weight excluding hydrogens is 446 g/mol. The summed E-state index contributed by atoms with van der Waals surface area (Å²) in [6.07, 6.45) is 5.27. The summed E-state index contributed by atoms with van der Waals surface area (Å²) in [7, 11) is 0. The van der Waals surface area contributed by atoms with Crippen molar-refractivity contribution in [2.24, 2.45) is 5.73 Å². The number of halogens is 1. The number of hydrogen-bond acceptors (Lipinski definition) is 5. The molecule has 0 bridgehead atoms. The predicted molar refractivity (Wildman–Crippen MR) is 116 cm³/mol. The molecule has 0 saturated carbocycles. The van der Waals surface area contributed by atoms with Gasteiger partial charge in [0.15, 0.2) is 0 Å². The van der Waals surface area contributed by atoms with Gasteiger partial charge in [0.05, 0.1) is 34.3 Å². The normalized spacial score (nSPS) is 16.6. The van der Waals surface area contributed by atoms with Crippen molar-refractivity contribution in [1.29, 1.82) is 0 Å². The van der Waals surface area contributed by atoms with Crippen molar-refractivity contribution in [2.45, 2.75) is 12.5 Å². The summed E-state index contributed by atoms with van der Waals surface area (Å²) in [5.41, 5.74) is 10.2. The van der Waals surface area contributed by atoms with E-state index in [1.54, 1.807) is 29.6 Å². The third kappa shape index (κ3) is 3.07. The Morgan fingerprint density at radius 1 is 1.27 bits per heavy atom. The molecule has 0 radical (unpaired) electrons. The van der Waals surface area contributed by atoms with E-state index in [1.165, 1.54) is 6.20 Å². The summed E-state index contributed by atoms with van der Waals surface area (Å²) in [6.45, 7) is 0.501. The molecular formula is C21H18BrN7O. The minimum absolute atomic E-state index is 0.220. The van der Waals surface area contributed by atoms with Crippen LogP contribution >= 0.6 is 15.9 Å². The lowest BCUT2D eigenvalue weighted by molar-refractivity contribution is -0.127.